The smallest absolute Gasteiger partial charge is 0.339 e. The number of aryl methyl sites for hydroxylation is 1. The number of aromatic carboxylic acids is 1. The van der Waals surface area contributed by atoms with Crippen molar-refractivity contribution < 1.29 is 15.0 Å². The molecule has 0 fully saturated rings. The molecule has 0 atom stereocenters. The van der Waals surface area contributed by atoms with Crippen molar-refractivity contribution in [2.45, 2.75) is 32.2 Å². The standard InChI is InChI=1S/C14H20N4O3/c1-4-14(5-2,8-19)17-11-9-7-16-18(3)12(9)15-6-10(11)13(20)21/h6-7,19H,4-5,8H2,1-3H3,(H,15,17)(H,20,21). The van der Waals surface area contributed by atoms with Crippen molar-refractivity contribution in [3.63, 3.8) is 0 Å². The van der Waals surface area contributed by atoms with E-state index in [0.717, 1.165) is 0 Å². The van der Waals surface area contributed by atoms with Crippen LogP contribution in [0.1, 0.15) is 37.0 Å². The lowest BCUT2D eigenvalue weighted by Crippen LogP contribution is -2.41. The molecule has 0 aromatic carbocycles. The van der Waals surface area contributed by atoms with E-state index in [1.165, 1.54) is 6.20 Å². The average Bonchev–Trinajstić information content (AvgIpc) is 2.87. The molecule has 114 valence electrons. The SMILES string of the molecule is CCC(CC)(CO)Nc1c(C(=O)O)cnc2c1cnn2C. The zero-order chi connectivity index (χ0) is 15.6. The van der Waals surface area contributed by atoms with Crippen LogP contribution in [0.4, 0.5) is 5.69 Å². The maximum absolute atomic E-state index is 11.5. The van der Waals surface area contributed by atoms with Crippen LogP contribution in [0.3, 0.4) is 0 Å². The van der Waals surface area contributed by atoms with Crippen LogP contribution in [0.5, 0.6) is 0 Å². The van der Waals surface area contributed by atoms with E-state index >= 15 is 0 Å². The number of carboxylic acid groups (broad SMARTS) is 1. The molecule has 0 aliphatic carbocycles. The van der Waals surface area contributed by atoms with Gasteiger partial charge in [-0.25, -0.2) is 9.78 Å². The monoisotopic (exact) mass is 292 g/mol. The van der Waals surface area contributed by atoms with E-state index in [1.54, 1.807) is 17.9 Å². The summed E-state index contributed by atoms with van der Waals surface area (Å²) >= 11 is 0. The lowest BCUT2D eigenvalue weighted by molar-refractivity contribution is 0.0697. The molecule has 2 heterocycles. The summed E-state index contributed by atoms with van der Waals surface area (Å²) in [6.45, 7) is 3.83. The Hall–Kier alpha value is -2.15. The molecule has 0 spiro atoms. The summed E-state index contributed by atoms with van der Waals surface area (Å²) in [6, 6.07) is 0. The molecule has 0 bridgehead atoms. The predicted molar refractivity (Wildman–Crippen MR) is 79.5 cm³/mol. The number of rotatable bonds is 6. The number of hydrogen-bond donors (Lipinski definition) is 3. The topological polar surface area (TPSA) is 100 Å². The summed E-state index contributed by atoms with van der Waals surface area (Å²) in [5.41, 5.74) is 0.573. The highest BCUT2D eigenvalue weighted by atomic mass is 16.4. The first-order valence-electron chi connectivity index (χ1n) is 6.91. The van der Waals surface area contributed by atoms with E-state index in [-0.39, 0.29) is 12.2 Å². The van der Waals surface area contributed by atoms with Gasteiger partial charge in [0, 0.05) is 13.2 Å². The van der Waals surface area contributed by atoms with Crippen molar-refractivity contribution in [2.24, 2.45) is 7.05 Å². The van der Waals surface area contributed by atoms with Gasteiger partial charge in [-0.2, -0.15) is 5.10 Å². The van der Waals surface area contributed by atoms with Crippen LogP contribution in [0.25, 0.3) is 11.0 Å². The molecule has 0 saturated carbocycles. The van der Waals surface area contributed by atoms with Crippen LogP contribution in [0.2, 0.25) is 0 Å². The van der Waals surface area contributed by atoms with Crippen LogP contribution in [0.15, 0.2) is 12.4 Å². The van der Waals surface area contributed by atoms with E-state index < -0.39 is 11.5 Å². The van der Waals surface area contributed by atoms with E-state index in [1.807, 2.05) is 13.8 Å². The number of pyridine rings is 1. The Morgan fingerprint density at radius 3 is 2.57 bits per heavy atom. The number of nitrogens with zero attached hydrogens (tertiary/aromatic N) is 3. The number of aliphatic hydroxyl groups is 1. The van der Waals surface area contributed by atoms with Gasteiger partial charge in [-0.15, -0.1) is 0 Å². The van der Waals surface area contributed by atoms with Crippen LogP contribution in [-0.4, -0.2) is 43.1 Å². The van der Waals surface area contributed by atoms with E-state index in [2.05, 4.69) is 15.4 Å². The summed E-state index contributed by atoms with van der Waals surface area (Å²) < 4.78 is 1.59. The number of aliphatic hydroxyl groups excluding tert-OH is 1. The Bertz CT molecular complexity index is 653. The first kappa shape index (κ1) is 15.2. The highest BCUT2D eigenvalue weighted by Gasteiger charge is 2.28. The Morgan fingerprint density at radius 1 is 1.38 bits per heavy atom. The Labute approximate surface area is 122 Å². The van der Waals surface area contributed by atoms with Gasteiger partial charge in [0.25, 0.3) is 0 Å². The molecule has 2 rings (SSSR count). The van der Waals surface area contributed by atoms with Gasteiger partial charge in [0.1, 0.15) is 5.56 Å². The Kier molecular flexibility index (Phi) is 4.13. The molecule has 7 nitrogen and oxygen atoms in total. The molecule has 0 radical (unpaired) electrons. The molecular formula is C14H20N4O3. The average molecular weight is 292 g/mol. The molecule has 21 heavy (non-hydrogen) atoms. The summed E-state index contributed by atoms with van der Waals surface area (Å²) in [5.74, 6) is -1.06. The largest absolute Gasteiger partial charge is 0.478 e. The highest BCUT2D eigenvalue weighted by molar-refractivity contribution is 6.03. The van der Waals surface area contributed by atoms with Gasteiger partial charge in [0.15, 0.2) is 5.65 Å². The second-order valence-electron chi connectivity index (χ2n) is 5.13. The lowest BCUT2D eigenvalue weighted by Gasteiger charge is -2.32. The molecule has 7 heteroatoms. The number of nitrogens with one attached hydrogen (secondary N) is 1. The summed E-state index contributed by atoms with van der Waals surface area (Å²) in [6.07, 6.45) is 4.25. The van der Waals surface area contributed by atoms with Gasteiger partial charge < -0.3 is 15.5 Å². The quantitative estimate of drug-likeness (QED) is 0.748. The number of aromatic nitrogens is 3. The number of carboxylic acids is 1. The first-order valence-corrected chi connectivity index (χ1v) is 6.91. The lowest BCUT2D eigenvalue weighted by atomic mass is 9.93. The van der Waals surface area contributed by atoms with Gasteiger partial charge in [-0.3, -0.25) is 4.68 Å². The maximum atomic E-state index is 11.5. The van der Waals surface area contributed by atoms with Gasteiger partial charge in [-0.05, 0) is 12.8 Å². The molecule has 2 aromatic rings. The number of hydrogen-bond acceptors (Lipinski definition) is 5. The third-order valence-corrected chi connectivity index (χ3v) is 4.04. The minimum absolute atomic E-state index is 0.0789. The third-order valence-electron chi connectivity index (χ3n) is 4.04. The molecule has 0 amide bonds. The van der Waals surface area contributed by atoms with Gasteiger partial charge in [-0.1, -0.05) is 13.8 Å². The summed E-state index contributed by atoms with van der Waals surface area (Å²) in [5, 5.41) is 27.1. The van der Waals surface area contributed by atoms with Crippen molar-refractivity contribution in [1.29, 1.82) is 0 Å². The fourth-order valence-corrected chi connectivity index (χ4v) is 2.35. The number of carbonyl (C=O) groups is 1. The Balaban J connectivity index is 2.64. The fraction of sp³-hybridized carbons (Fsp3) is 0.500. The highest BCUT2D eigenvalue weighted by Crippen LogP contribution is 2.30. The zero-order valence-electron chi connectivity index (χ0n) is 12.4. The van der Waals surface area contributed by atoms with Crippen molar-refractivity contribution >= 4 is 22.7 Å². The predicted octanol–water partition coefficient (Wildman–Crippen LogP) is 1.63. The van der Waals surface area contributed by atoms with Crippen LogP contribution < -0.4 is 5.32 Å². The molecular weight excluding hydrogens is 272 g/mol. The minimum Gasteiger partial charge on any atom is -0.478 e. The van der Waals surface area contributed by atoms with Crippen LogP contribution in [-0.2, 0) is 7.05 Å². The molecule has 0 unspecified atom stereocenters. The van der Waals surface area contributed by atoms with Gasteiger partial charge >= 0.3 is 5.97 Å². The van der Waals surface area contributed by atoms with E-state index in [4.69, 9.17) is 0 Å². The van der Waals surface area contributed by atoms with Crippen molar-refractivity contribution in [3.8, 4) is 0 Å². The molecule has 2 aromatic heterocycles. The van der Waals surface area contributed by atoms with Crippen molar-refractivity contribution in [2.75, 3.05) is 11.9 Å². The zero-order valence-corrected chi connectivity index (χ0v) is 12.4. The molecule has 0 saturated heterocycles. The molecule has 0 aliphatic heterocycles. The second kappa shape index (κ2) is 5.69. The van der Waals surface area contributed by atoms with Crippen molar-refractivity contribution in [3.05, 3.63) is 18.0 Å². The fourth-order valence-electron chi connectivity index (χ4n) is 2.35. The van der Waals surface area contributed by atoms with E-state index in [9.17, 15) is 15.0 Å². The van der Waals surface area contributed by atoms with Gasteiger partial charge in [0.2, 0.25) is 0 Å². The van der Waals surface area contributed by atoms with E-state index in [0.29, 0.717) is 29.6 Å². The third kappa shape index (κ3) is 2.56. The summed E-state index contributed by atoms with van der Waals surface area (Å²) in [7, 11) is 1.75. The molecule has 0 aliphatic rings. The number of anilines is 1. The van der Waals surface area contributed by atoms with Crippen molar-refractivity contribution in [1.82, 2.24) is 14.8 Å². The number of fused-ring (bicyclic) bond motifs is 1. The first-order chi connectivity index (χ1) is 9.98. The minimum atomic E-state index is -1.06. The Morgan fingerprint density at radius 2 is 2.05 bits per heavy atom. The summed E-state index contributed by atoms with van der Waals surface area (Å²) in [4.78, 5) is 15.6. The molecule has 3 N–H and O–H groups in total. The van der Waals surface area contributed by atoms with Crippen LogP contribution >= 0.6 is 0 Å². The second-order valence-corrected chi connectivity index (χ2v) is 5.13. The van der Waals surface area contributed by atoms with Gasteiger partial charge in [0.05, 0.1) is 29.4 Å². The maximum Gasteiger partial charge on any atom is 0.339 e. The normalized spacial score (nSPS) is 11.8. The van der Waals surface area contributed by atoms with Crippen LogP contribution in [0, 0.1) is 0 Å².